The van der Waals surface area contributed by atoms with E-state index in [0.717, 1.165) is 18.5 Å². The van der Waals surface area contributed by atoms with Gasteiger partial charge in [0.15, 0.2) is 0 Å². The number of carbonyl (C=O) groups is 1. The maximum Gasteiger partial charge on any atom is 0.126 e. The van der Waals surface area contributed by atoms with E-state index in [-0.39, 0.29) is 5.92 Å². The fourth-order valence-corrected chi connectivity index (χ4v) is 3.24. The van der Waals surface area contributed by atoms with E-state index in [1.165, 1.54) is 16.5 Å². The molecule has 2 aromatic rings. The summed E-state index contributed by atoms with van der Waals surface area (Å²) < 4.78 is 8.32. The van der Waals surface area contributed by atoms with E-state index >= 15 is 0 Å². The SMILES string of the molecule is Cc1c2n(c3ccccc13)CCOC2(C)C(C)C=O. The Morgan fingerprint density at radius 2 is 2.16 bits per heavy atom. The number of aldehydes is 1. The molecule has 3 rings (SSSR count). The number of hydrogen-bond donors (Lipinski definition) is 0. The lowest BCUT2D eigenvalue weighted by atomic mass is 9.85. The number of hydrogen-bond acceptors (Lipinski definition) is 2. The van der Waals surface area contributed by atoms with Crippen molar-refractivity contribution in [2.24, 2.45) is 5.92 Å². The minimum atomic E-state index is -0.525. The molecule has 0 spiro atoms. The Labute approximate surface area is 113 Å². The highest BCUT2D eigenvalue weighted by Gasteiger charge is 2.41. The van der Waals surface area contributed by atoms with Crippen molar-refractivity contribution >= 4 is 17.2 Å². The first-order valence-corrected chi connectivity index (χ1v) is 6.77. The van der Waals surface area contributed by atoms with E-state index in [0.29, 0.717) is 6.61 Å². The predicted molar refractivity (Wildman–Crippen MR) is 75.2 cm³/mol. The summed E-state index contributed by atoms with van der Waals surface area (Å²) in [7, 11) is 0. The zero-order chi connectivity index (χ0) is 13.6. The molecule has 0 radical (unpaired) electrons. The Kier molecular flexibility index (Phi) is 2.75. The molecule has 0 fully saturated rings. The molecule has 0 saturated carbocycles. The van der Waals surface area contributed by atoms with Crippen molar-refractivity contribution in [2.45, 2.75) is 32.9 Å². The second-order valence-corrected chi connectivity index (χ2v) is 5.52. The van der Waals surface area contributed by atoms with Crippen LogP contribution >= 0.6 is 0 Å². The number of aromatic nitrogens is 1. The van der Waals surface area contributed by atoms with Crippen LogP contribution in [0.1, 0.15) is 25.1 Å². The monoisotopic (exact) mass is 257 g/mol. The number of carbonyl (C=O) groups excluding carboxylic acids is 1. The van der Waals surface area contributed by atoms with Crippen LogP contribution in [0.3, 0.4) is 0 Å². The summed E-state index contributed by atoms with van der Waals surface area (Å²) in [6.45, 7) is 7.59. The van der Waals surface area contributed by atoms with Crippen molar-refractivity contribution in [1.29, 1.82) is 0 Å². The smallest absolute Gasteiger partial charge is 0.126 e. The molecule has 0 bridgehead atoms. The zero-order valence-corrected chi connectivity index (χ0v) is 11.6. The molecule has 1 aromatic heterocycles. The maximum absolute atomic E-state index is 11.3. The summed E-state index contributed by atoms with van der Waals surface area (Å²) in [5.41, 5.74) is 3.09. The van der Waals surface area contributed by atoms with E-state index in [1.54, 1.807) is 0 Å². The largest absolute Gasteiger partial charge is 0.366 e. The van der Waals surface area contributed by atoms with E-state index in [4.69, 9.17) is 4.74 Å². The third kappa shape index (κ3) is 1.58. The summed E-state index contributed by atoms with van der Waals surface area (Å²) in [6.07, 6.45) is 0.993. The van der Waals surface area contributed by atoms with Crippen LogP contribution in [-0.4, -0.2) is 17.5 Å². The highest BCUT2D eigenvalue weighted by atomic mass is 16.5. The molecule has 100 valence electrons. The number of rotatable bonds is 2. The molecule has 0 saturated heterocycles. The lowest BCUT2D eigenvalue weighted by Gasteiger charge is -2.38. The Bertz CT molecular complexity index is 643. The lowest BCUT2D eigenvalue weighted by Crippen LogP contribution is -2.41. The van der Waals surface area contributed by atoms with Crippen molar-refractivity contribution < 1.29 is 9.53 Å². The topological polar surface area (TPSA) is 31.2 Å². The number of nitrogens with zero attached hydrogens (tertiary/aromatic N) is 1. The standard InChI is InChI=1S/C16H19NO2/c1-11(10-18)16(3)15-12(2)13-6-4-5-7-14(13)17(15)8-9-19-16/h4-7,10-11H,8-9H2,1-3H3. The minimum absolute atomic E-state index is 0.158. The van der Waals surface area contributed by atoms with Crippen molar-refractivity contribution in [3.63, 3.8) is 0 Å². The Hall–Kier alpha value is -1.61. The molecule has 3 heteroatoms. The van der Waals surface area contributed by atoms with Crippen LogP contribution in [-0.2, 0) is 21.7 Å². The summed E-state index contributed by atoms with van der Waals surface area (Å²) in [4.78, 5) is 11.3. The minimum Gasteiger partial charge on any atom is -0.366 e. The van der Waals surface area contributed by atoms with Gasteiger partial charge in [0.05, 0.1) is 12.3 Å². The van der Waals surface area contributed by atoms with Gasteiger partial charge in [-0.15, -0.1) is 0 Å². The van der Waals surface area contributed by atoms with Crippen LogP contribution in [0, 0.1) is 12.8 Å². The number of fused-ring (bicyclic) bond motifs is 3. The molecule has 1 aliphatic rings. The molecule has 0 amide bonds. The van der Waals surface area contributed by atoms with Crippen molar-refractivity contribution in [2.75, 3.05) is 6.61 Å². The molecule has 2 atom stereocenters. The highest BCUT2D eigenvalue weighted by Crippen LogP contribution is 2.41. The summed E-state index contributed by atoms with van der Waals surface area (Å²) >= 11 is 0. The second kappa shape index (κ2) is 4.20. The van der Waals surface area contributed by atoms with Gasteiger partial charge in [0, 0.05) is 23.4 Å². The number of aryl methyl sites for hydroxylation is 1. The van der Waals surface area contributed by atoms with Gasteiger partial charge in [-0.25, -0.2) is 0 Å². The van der Waals surface area contributed by atoms with Gasteiger partial charge >= 0.3 is 0 Å². The first-order chi connectivity index (χ1) is 9.09. The van der Waals surface area contributed by atoms with Gasteiger partial charge < -0.3 is 14.1 Å². The van der Waals surface area contributed by atoms with Gasteiger partial charge in [0.2, 0.25) is 0 Å². The van der Waals surface area contributed by atoms with Gasteiger partial charge in [-0.05, 0) is 25.5 Å². The second-order valence-electron chi connectivity index (χ2n) is 5.52. The van der Waals surface area contributed by atoms with Crippen LogP contribution in [0.4, 0.5) is 0 Å². The van der Waals surface area contributed by atoms with Crippen LogP contribution < -0.4 is 0 Å². The zero-order valence-electron chi connectivity index (χ0n) is 11.6. The molecule has 0 aliphatic carbocycles. The van der Waals surface area contributed by atoms with Crippen molar-refractivity contribution in [1.82, 2.24) is 4.57 Å². The van der Waals surface area contributed by atoms with Crippen LogP contribution in [0.25, 0.3) is 10.9 Å². The number of para-hydroxylation sites is 1. The lowest BCUT2D eigenvalue weighted by molar-refractivity contribution is -0.131. The molecular weight excluding hydrogens is 238 g/mol. The van der Waals surface area contributed by atoms with Crippen LogP contribution in [0.15, 0.2) is 24.3 Å². The predicted octanol–water partition coefficient (Wildman–Crippen LogP) is 3.03. The first kappa shape index (κ1) is 12.4. The average Bonchev–Trinajstić information content (AvgIpc) is 2.73. The van der Waals surface area contributed by atoms with E-state index in [2.05, 4.69) is 35.8 Å². The molecule has 0 N–H and O–H groups in total. The number of benzene rings is 1. The van der Waals surface area contributed by atoms with Gasteiger partial charge in [0.25, 0.3) is 0 Å². The van der Waals surface area contributed by atoms with Crippen molar-refractivity contribution in [3.05, 3.63) is 35.5 Å². The Morgan fingerprint density at radius 1 is 1.42 bits per heavy atom. The van der Waals surface area contributed by atoms with Crippen LogP contribution in [0.5, 0.6) is 0 Å². The molecule has 3 nitrogen and oxygen atoms in total. The first-order valence-electron chi connectivity index (χ1n) is 6.77. The van der Waals surface area contributed by atoms with E-state index in [9.17, 15) is 4.79 Å². The average molecular weight is 257 g/mol. The molecule has 19 heavy (non-hydrogen) atoms. The quantitative estimate of drug-likeness (QED) is 0.774. The molecule has 1 aromatic carbocycles. The van der Waals surface area contributed by atoms with E-state index < -0.39 is 5.60 Å². The maximum atomic E-state index is 11.3. The Morgan fingerprint density at radius 3 is 2.89 bits per heavy atom. The van der Waals surface area contributed by atoms with Gasteiger partial charge in [-0.3, -0.25) is 0 Å². The molecular formula is C16H19NO2. The summed E-state index contributed by atoms with van der Waals surface area (Å²) in [5, 5.41) is 1.26. The van der Waals surface area contributed by atoms with Gasteiger partial charge in [0.1, 0.15) is 11.9 Å². The summed E-state index contributed by atoms with van der Waals surface area (Å²) in [6, 6.07) is 8.40. The van der Waals surface area contributed by atoms with E-state index in [1.807, 2.05) is 13.8 Å². The summed E-state index contributed by atoms with van der Waals surface area (Å²) in [5.74, 6) is -0.158. The van der Waals surface area contributed by atoms with Gasteiger partial charge in [-0.1, -0.05) is 25.1 Å². The Balaban J connectivity index is 2.33. The fraction of sp³-hybridized carbons (Fsp3) is 0.438. The van der Waals surface area contributed by atoms with Crippen molar-refractivity contribution in [3.8, 4) is 0 Å². The highest BCUT2D eigenvalue weighted by molar-refractivity contribution is 5.86. The molecule has 1 aliphatic heterocycles. The van der Waals surface area contributed by atoms with Gasteiger partial charge in [-0.2, -0.15) is 0 Å². The molecule has 2 heterocycles. The number of ether oxygens (including phenoxy) is 1. The third-order valence-corrected chi connectivity index (χ3v) is 4.48. The fourth-order valence-electron chi connectivity index (χ4n) is 3.24. The normalized spacial score (nSPS) is 24.2. The molecule has 2 unspecified atom stereocenters. The van der Waals surface area contributed by atoms with Crippen LogP contribution in [0.2, 0.25) is 0 Å². The third-order valence-electron chi connectivity index (χ3n) is 4.48.